The van der Waals surface area contributed by atoms with Crippen molar-refractivity contribution in [3.05, 3.63) is 29.3 Å². The Morgan fingerprint density at radius 3 is 2.68 bits per heavy atom. The fourth-order valence-electron chi connectivity index (χ4n) is 2.24. The number of anilines is 1. The molecule has 104 valence electrons. The van der Waals surface area contributed by atoms with Crippen molar-refractivity contribution in [3.63, 3.8) is 0 Å². The molecular formula is C14H19ClN2O2. The highest BCUT2D eigenvalue weighted by Gasteiger charge is 2.25. The summed E-state index contributed by atoms with van der Waals surface area (Å²) in [4.78, 5) is 14.3. The van der Waals surface area contributed by atoms with Crippen LogP contribution in [0.2, 0.25) is 5.02 Å². The number of carbonyl (C=O) groups excluding carboxylic acids is 1. The van der Waals surface area contributed by atoms with Crippen LogP contribution >= 0.6 is 11.6 Å². The third-order valence-electron chi connectivity index (χ3n) is 3.56. The van der Waals surface area contributed by atoms with Crippen molar-refractivity contribution in [2.75, 3.05) is 18.4 Å². The molecule has 19 heavy (non-hydrogen) atoms. The number of nitrogens with zero attached hydrogens (tertiary/aromatic N) is 1. The van der Waals surface area contributed by atoms with Crippen LogP contribution in [0.4, 0.5) is 5.69 Å². The van der Waals surface area contributed by atoms with Crippen molar-refractivity contribution in [1.82, 2.24) is 4.90 Å². The summed E-state index contributed by atoms with van der Waals surface area (Å²) >= 11 is 6.02. The molecule has 1 saturated heterocycles. The largest absolute Gasteiger partial charge is 0.393 e. The lowest BCUT2D eigenvalue weighted by Gasteiger charge is -2.33. The van der Waals surface area contributed by atoms with Crippen LogP contribution in [0.5, 0.6) is 0 Å². The van der Waals surface area contributed by atoms with Crippen LogP contribution < -0.4 is 5.32 Å². The van der Waals surface area contributed by atoms with Gasteiger partial charge >= 0.3 is 0 Å². The molecule has 1 atom stereocenters. The molecule has 0 saturated carbocycles. The number of likely N-dealkylation sites (tertiary alicyclic amines) is 1. The van der Waals surface area contributed by atoms with Crippen LogP contribution in [0.15, 0.2) is 24.3 Å². The van der Waals surface area contributed by atoms with E-state index in [0.29, 0.717) is 10.7 Å². The number of hydrogen-bond donors (Lipinski definition) is 2. The smallest absolute Gasteiger partial charge is 0.241 e. The average molecular weight is 283 g/mol. The van der Waals surface area contributed by atoms with Gasteiger partial charge in [-0.2, -0.15) is 0 Å². The van der Waals surface area contributed by atoms with Gasteiger partial charge in [-0.1, -0.05) is 23.7 Å². The zero-order valence-electron chi connectivity index (χ0n) is 11.0. The second kappa shape index (κ2) is 6.37. The molecule has 0 radical (unpaired) electrons. The molecule has 1 fully saturated rings. The molecule has 1 aliphatic heterocycles. The maximum Gasteiger partial charge on any atom is 0.241 e. The van der Waals surface area contributed by atoms with Gasteiger partial charge in [0, 0.05) is 13.1 Å². The number of carbonyl (C=O) groups is 1. The normalized spacial score (nSPS) is 19.1. The third kappa shape index (κ3) is 3.69. The number of aliphatic hydroxyl groups is 1. The quantitative estimate of drug-likeness (QED) is 0.893. The maximum atomic E-state index is 12.2. The number of aliphatic hydroxyl groups excluding tert-OH is 1. The van der Waals surface area contributed by atoms with E-state index in [1.54, 1.807) is 12.1 Å². The van der Waals surface area contributed by atoms with Gasteiger partial charge in [0.2, 0.25) is 5.91 Å². The van der Waals surface area contributed by atoms with Gasteiger partial charge in [0.25, 0.3) is 0 Å². The molecule has 0 spiro atoms. The van der Waals surface area contributed by atoms with Gasteiger partial charge in [0.05, 0.1) is 22.9 Å². The van der Waals surface area contributed by atoms with E-state index in [9.17, 15) is 9.90 Å². The summed E-state index contributed by atoms with van der Waals surface area (Å²) in [6, 6.07) is 6.98. The molecule has 0 aliphatic carbocycles. The minimum atomic E-state index is -0.227. The first-order chi connectivity index (χ1) is 9.08. The van der Waals surface area contributed by atoms with Gasteiger partial charge in [0.15, 0.2) is 0 Å². The second-order valence-electron chi connectivity index (χ2n) is 4.91. The van der Waals surface area contributed by atoms with Gasteiger partial charge in [-0.3, -0.25) is 9.69 Å². The first kappa shape index (κ1) is 14.3. The Morgan fingerprint density at radius 1 is 1.42 bits per heavy atom. The van der Waals surface area contributed by atoms with E-state index in [0.717, 1.165) is 25.9 Å². The van der Waals surface area contributed by atoms with Crippen molar-refractivity contribution in [3.8, 4) is 0 Å². The summed E-state index contributed by atoms with van der Waals surface area (Å²) < 4.78 is 0. The van der Waals surface area contributed by atoms with Crippen LogP contribution in [-0.2, 0) is 4.79 Å². The summed E-state index contributed by atoms with van der Waals surface area (Å²) in [5.41, 5.74) is 0.637. The number of halogens is 1. The topological polar surface area (TPSA) is 52.6 Å². The average Bonchev–Trinajstić information content (AvgIpc) is 2.41. The standard InChI is InChI=1S/C14H19ClN2O2/c1-10(17-8-6-11(18)7-9-17)14(19)16-13-5-3-2-4-12(13)15/h2-5,10-11,18H,6-9H2,1H3,(H,16,19). The maximum absolute atomic E-state index is 12.2. The molecule has 2 N–H and O–H groups in total. The number of rotatable bonds is 3. The van der Waals surface area contributed by atoms with Crippen molar-refractivity contribution in [1.29, 1.82) is 0 Å². The highest BCUT2D eigenvalue weighted by molar-refractivity contribution is 6.33. The van der Waals surface area contributed by atoms with Crippen molar-refractivity contribution >= 4 is 23.2 Å². The van der Waals surface area contributed by atoms with E-state index < -0.39 is 0 Å². The van der Waals surface area contributed by atoms with Crippen LogP contribution in [0, 0.1) is 0 Å². The van der Waals surface area contributed by atoms with E-state index in [1.807, 2.05) is 19.1 Å². The zero-order valence-corrected chi connectivity index (χ0v) is 11.7. The van der Waals surface area contributed by atoms with Crippen LogP contribution in [-0.4, -0.2) is 41.1 Å². The predicted octanol–water partition coefficient (Wildman–Crippen LogP) is 2.12. The number of benzene rings is 1. The SMILES string of the molecule is CC(C(=O)Nc1ccccc1Cl)N1CCC(O)CC1. The van der Waals surface area contributed by atoms with Crippen molar-refractivity contribution in [2.45, 2.75) is 31.9 Å². The van der Waals surface area contributed by atoms with Gasteiger partial charge in [0.1, 0.15) is 0 Å². The van der Waals surface area contributed by atoms with Crippen LogP contribution in [0.3, 0.4) is 0 Å². The highest BCUT2D eigenvalue weighted by Crippen LogP contribution is 2.21. The van der Waals surface area contributed by atoms with Crippen molar-refractivity contribution in [2.24, 2.45) is 0 Å². The highest BCUT2D eigenvalue weighted by atomic mass is 35.5. The summed E-state index contributed by atoms with van der Waals surface area (Å²) in [5.74, 6) is -0.0653. The van der Waals surface area contributed by atoms with Crippen molar-refractivity contribution < 1.29 is 9.90 Å². The van der Waals surface area contributed by atoms with E-state index in [2.05, 4.69) is 10.2 Å². The van der Waals surface area contributed by atoms with E-state index in [1.165, 1.54) is 0 Å². The van der Waals surface area contributed by atoms with Gasteiger partial charge in [-0.05, 0) is 31.9 Å². The van der Waals surface area contributed by atoms with Crippen LogP contribution in [0.25, 0.3) is 0 Å². The molecule has 1 amide bonds. The molecular weight excluding hydrogens is 264 g/mol. The second-order valence-corrected chi connectivity index (χ2v) is 5.32. The summed E-state index contributed by atoms with van der Waals surface area (Å²) in [6.07, 6.45) is 1.23. The van der Waals surface area contributed by atoms with E-state index in [4.69, 9.17) is 11.6 Å². The lowest BCUT2D eigenvalue weighted by Crippen LogP contribution is -2.47. The lowest BCUT2D eigenvalue weighted by atomic mass is 10.1. The Morgan fingerprint density at radius 2 is 2.05 bits per heavy atom. The first-order valence-corrected chi connectivity index (χ1v) is 6.93. The monoisotopic (exact) mass is 282 g/mol. The Hall–Kier alpha value is -1.10. The number of hydrogen-bond acceptors (Lipinski definition) is 3. The molecule has 1 aromatic rings. The predicted molar refractivity (Wildman–Crippen MR) is 76.4 cm³/mol. The third-order valence-corrected chi connectivity index (χ3v) is 3.89. The summed E-state index contributed by atoms with van der Waals surface area (Å²) in [6.45, 7) is 3.38. The summed E-state index contributed by atoms with van der Waals surface area (Å²) in [7, 11) is 0. The molecule has 1 aliphatic rings. The number of amides is 1. The summed E-state index contributed by atoms with van der Waals surface area (Å²) in [5, 5.41) is 12.9. The van der Waals surface area contributed by atoms with Gasteiger partial charge in [-0.15, -0.1) is 0 Å². The molecule has 4 nitrogen and oxygen atoms in total. The molecule has 1 heterocycles. The molecule has 0 bridgehead atoms. The fraction of sp³-hybridized carbons (Fsp3) is 0.500. The first-order valence-electron chi connectivity index (χ1n) is 6.55. The van der Waals surface area contributed by atoms with E-state index >= 15 is 0 Å². The molecule has 1 unspecified atom stereocenters. The minimum absolute atomic E-state index is 0.0653. The molecule has 0 aromatic heterocycles. The van der Waals surface area contributed by atoms with E-state index in [-0.39, 0.29) is 18.1 Å². The van der Waals surface area contributed by atoms with Gasteiger partial charge in [-0.25, -0.2) is 0 Å². The molecule has 1 aromatic carbocycles. The molecule has 5 heteroatoms. The Kier molecular flexibility index (Phi) is 4.80. The Labute approximate surface area is 118 Å². The Balaban J connectivity index is 1.94. The Bertz CT molecular complexity index is 445. The molecule has 2 rings (SSSR count). The number of nitrogens with one attached hydrogen (secondary N) is 1. The lowest BCUT2D eigenvalue weighted by molar-refractivity contribution is -0.121. The van der Waals surface area contributed by atoms with Gasteiger partial charge < -0.3 is 10.4 Å². The number of piperidine rings is 1. The van der Waals surface area contributed by atoms with Crippen LogP contribution in [0.1, 0.15) is 19.8 Å². The number of para-hydroxylation sites is 1. The minimum Gasteiger partial charge on any atom is -0.393 e. The fourth-order valence-corrected chi connectivity index (χ4v) is 2.42. The zero-order chi connectivity index (χ0) is 13.8.